The van der Waals surface area contributed by atoms with Crippen molar-refractivity contribution in [1.82, 2.24) is 4.98 Å². The summed E-state index contributed by atoms with van der Waals surface area (Å²) in [6.07, 6.45) is 1.53. The van der Waals surface area contributed by atoms with Crippen molar-refractivity contribution in [3.05, 3.63) is 40.2 Å². The van der Waals surface area contributed by atoms with E-state index in [1.165, 1.54) is 12.3 Å². The summed E-state index contributed by atoms with van der Waals surface area (Å²) in [6, 6.07) is 3.57. The van der Waals surface area contributed by atoms with Crippen LogP contribution in [0.15, 0.2) is 29.1 Å². The highest BCUT2D eigenvalue weighted by Crippen LogP contribution is 2.24. The molecule has 18 heavy (non-hydrogen) atoms. The van der Waals surface area contributed by atoms with Gasteiger partial charge in [-0.1, -0.05) is 0 Å². The van der Waals surface area contributed by atoms with Crippen LogP contribution in [0.1, 0.15) is 28.9 Å². The maximum Gasteiger partial charge on any atom is 0.250 e. The van der Waals surface area contributed by atoms with Gasteiger partial charge in [-0.15, -0.1) is 0 Å². The molecular weight excluding hydrogens is 248 g/mol. The lowest BCUT2D eigenvalue weighted by Gasteiger charge is -2.16. The molecule has 2 heterocycles. The van der Waals surface area contributed by atoms with E-state index >= 15 is 0 Å². The summed E-state index contributed by atoms with van der Waals surface area (Å²) in [5.41, 5.74) is 13.0. The highest BCUT2D eigenvalue weighted by Gasteiger charge is 2.13. The Bertz CT molecular complexity index is 553. The SMILES string of the molecule is CC(Nc1cnc(N)cc1C(N)=O)c1ccsc1. The fourth-order valence-electron chi connectivity index (χ4n) is 1.63. The molecule has 5 nitrogen and oxygen atoms in total. The average Bonchev–Trinajstić information content (AvgIpc) is 2.84. The van der Waals surface area contributed by atoms with Crippen LogP contribution in [0.5, 0.6) is 0 Å². The van der Waals surface area contributed by atoms with Crippen molar-refractivity contribution < 1.29 is 4.79 Å². The molecular formula is C12H14N4OS. The Kier molecular flexibility index (Phi) is 3.47. The van der Waals surface area contributed by atoms with Crippen molar-refractivity contribution in [2.75, 3.05) is 11.1 Å². The van der Waals surface area contributed by atoms with Crippen molar-refractivity contribution in [3.8, 4) is 0 Å². The van der Waals surface area contributed by atoms with Gasteiger partial charge in [0.25, 0.3) is 5.91 Å². The van der Waals surface area contributed by atoms with Crippen LogP contribution >= 0.6 is 11.3 Å². The number of nitrogen functional groups attached to an aromatic ring is 1. The Labute approximate surface area is 109 Å². The number of amides is 1. The van der Waals surface area contributed by atoms with E-state index in [1.807, 2.05) is 23.8 Å². The average molecular weight is 262 g/mol. The Morgan fingerprint density at radius 1 is 1.56 bits per heavy atom. The molecule has 5 N–H and O–H groups in total. The van der Waals surface area contributed by atoms with Gasteiger partial charge < -0.3 is 16.8 Å². The van der Waals surface area contributed by atoms with Gasteiger partial charge in [-0.3, -0.25) is 4.79 Å². The number of anilines is 2. The van der Waals surface area contributed by atoms with Gasteiger partial charge in [0.2, 0.25) is 0 Å². The summed E-state index contributed by atoms with van der Waals surface area (Å²) >= 11 is 1.62. The minimum Gasteiger partial charge on any atom is -0.384 e. The number of thiophene rings is 1. The van der Waals surface area contributed by atoms with Gasteiger partial charge in [0.15, 0.2) is 0 Å². The van der Waals surface area contributed by atoms with E-state index in [0.29, 0.717) is 11.3 Å². The topological polar surface area (TPSA) is 94.0 Å². The van der Waals surface area contributed by atoms with Crippen LogP contribution in [0, 0.1) is 0 Å². The van der Waals surface area contributed by atoms with Crippen LogP contribution in [0.3, 0.4) is 0 Å². The molecule has 0 saturated heterocycles. The second kappa shape index (κ2) is 5.05. The summed E-state index contributed by atoms with van der Waals surface area (Å²) in [7, 11) is 0. The number of nitrogens with one attached hydrogen (secondary N) is 1. The third kappa shape index (κ3) is 2.60. The van der Waals surface area contributed by atoms with Crippen molar-refractivity contribution in [2.24, 2.45) is 5.73 Å². The Morgan fingerprint density at radius 3 is 2.94 bits per heavy atom. The smallest absolute Gasteiger partial charge is 0.250 e. The number of hydrogen-bond donors (Lipinski definition) is 3. The first-order valence-electron chi connectivity index (χ1n) is 5.42. The van der Waals surface area contributed by atoms with Crippen LogP contribution in [0.4, 0.5) is 11.5 Å². The highest BCUT2D eigenvalue weighted by atomic mass is 32.1. The number of carbonyl (C=O) groups excluding carboxylic acids is 1. The first-order chi connectivity index (χ1) is 8.58. The minimum atomic E-state index is -0.524. The highest BCUT2D eigenvalue weighted by molar-refractivity contribution is 7.07. The first kappa shape index (κ1) is 12.4. The number of hydrogen-bond acceptors (Lipinski definition) is 5. The van der Waals surface area contributed by atoms with Crippen molar-refractivity contribution in [3.63, 3.8) is 0 Å². The molecule has 0 aliphatic carbocycles. The van der Waals surface area contributed by atoms with Gasteiger partial charge in [0.05, 0.1) is 17.4 Å². The molecule has 0 aliphatic rings. The zero-order chi connectivity index (χ0) is 13.1. The van der Waals surface area contributed by atoms with Crippen LogP contribution < -0.4 is 16.8 Å². The van der Waals surface area contributed by atoms with E-state index in [0.717, 1.165) is 5.56 Å². The summed E-state index contributed by atoms with van der Waals surface area (Å²) in [4.78, 5) is 15.3. The normalized spacial score (nSPS) is 12.1. The largest absolute Gasteiger partial charge is 0.384 e. The summed E-state index contributed by atoms with van der Waals surface area (Å²) in [5.74, 6) is -0.248. The third-order valence-corrected chi connectivity index (χ3v) is 3.31. The van der Waals surface area contributed by atoms with Crippen LogP contribution in [0.25, 0.3) is 0 Å². The van der Waals surface area contributed by atoms with Gasteiger partial charge >= 0.3 is 0 Å². The maximum atomic E-state index is 11.3. The predicted octanol–water partition coefficient (Wildman–Crippen LogP) is 2.00. The van der Waals surface area contributed by atoms with Crippen LogP contribution in [0.2, 0.25) is 0 Å². The van der Waals surface area contributed by atoms with Crippen molar-refractivity contribution >= 4 is 28.7 Å². The fraction of sp³-hybridized carbons (Fsp3) is 0.167. The zero-order valence-electron chi connectivity index (χ0n) is 9.88. The van der Waals surface area contributed by atoms with Gasteiger partial charge in [-0.05, 0) is 35.4 Å². The zero-order valence-corrected chi connectivity index (χ0v) is 10.7. The fourth-order valence-corrected chi connectivity index (χ4v) is 2.38. The van der Waals surface area contributed by atoms with Crippen LogP contribution in [-0.4, -0.2) is 10.9 Å². The monoisotopic (exact) mass is 262 g/mol. The number of nitrogens with zero attached hydrogens (tertiary/aromatic N) is 1. The summed E-state index contributed by atoms with van der Waals surface area (Å²) in [6.45, 7) is 2.00. The van der Waals surface area contributed by atoms with E-state index in [4.69, 9.17) is 11.5 Å². The number of primary amides is 1. The van der Waals surface area contributed by atoms with E-state index < -0.39 is 5.91 Å². The molecule has 1 unspecified atom stereocenters. The molecule has 2 rings (SSSR count). The molecule has 0 aliphatic heterocycles. The van der Waals surface area contributed by atoms with E-state index in [-0.39, 0.29) is 11.9 Å². The lowest BCUT2D eigenvalue weighted by Crippen LogP contribution is -2.16. The number of carbonyl (C=O) groups is 1. The molecule has 1 atom stereocenters. The first-order valence-corrected chi connectivity index (χ1v) is 6.36. The molecule has 6 heteroatoms. The minimum absolute atomic E-state index is 0.0692. The third-order valence-electron chi connectivity index (χ3n) is 2.61. The van der Waals surface area contributed by atoms with Gasteiger partial charge in [0.1, 0.15) is 5.82 Å². The van der Waals surface area contributed by atoms with Gasteiger partial charge in [-0.25, -0.2) is 4.98 Å². The predicted molar refractivity (Wildman–Crippen MR) is 73.5 cm³/mol. The quantitative estimate of drug-likeness (QED) is 0.785. The van der Waals surface area contributed by atoms with Gasteiger partial charge in [-0.2, -0.15) is 11.3 Å². The molecule has 0 fully saturated rings. The Morgan fingerprint density at radius 2 is 2.33 bits per heavy atom. The molecule has 0 saturated carbocycles. The molecule has 94 valence electrons. The molecule has 2 aromatic rings. The molecule has 0 radical (unpaired) electrons. The van der Waals surface area contributed by atoms with Crippen molar-refractivity contribution in [2.45, 2.75) is 13.0 Å². The standard InChI is InChI=1S/C12H14N4OS/c1-7(8-2-3-18-6-8)16-10-5-15-11(13)4-9(10)12(14)17/h2-7,16H,1H3,(H2,13,15)(H2,14,17). The lowest BCUT2D eigenvalue weighted by molar-refractivity contribution is 0.100. The summed E-state index contributed by atoms with van der Waals surface area (Å²) < 4.78 is 0. The van der Waals surface area contributed by atoms with Crippen molar-refractivity contribution in [1.29, 1.82) is 0 Å². The number of nitrogens with two attached hydrogens (primary N) is 2. The van der Waals surface area contributed by atoms with E-state index in [2.05, 4.69) is 10.3 Å². The van der Waals surface area contributed by atoms with E-state index in [1.54, 1.807) is 11.3 Å². The Hall–Kier alpha value is -2.08. The molecule has 2 aromatic heterocycles. The van der Waals surface area contributed by atoms with Crippen LogP contribution in [-0.2, 0) is 0 Å². The number of pyridine rings is 1. The molecule has 0 bridgehead atoms. The molecule has 0 aromatic carbocycles. The van der Waals surface area contributed by atoms with Gasteiger partial charge in [0, 0.05) is 6.04 Å². The summed E-state index contributed by atoms with van der Waals surface area (Å²) in [5, 5.41) is 7.26. The second-order valence-electron chi connectivity index (χ2n) is 3.94. The number of aromatic nitrogens is 1. The molecule has 0 spiro atoms. The Balaban J connectivity index is 2.26. The van der Waals surface area contributed by atoms with E-state index in [9.17, 15) is 4.79 Å². The second-order valence-corrected chi connectivity index (χ2v) is 4.72. The number of rotatable bonds is 4. The molecule has 1 amide bonds. The maximum absolute atomic E-state index is 11.3. The lowest BCUT2D eigenvalue weighted by atomic mass is 10.1.